The molecule has 2 aromatic heterocycles. The topological polar surface area (TPSA) is 63.5 Å². The molecular weight excluding hydrogens is 402 g/mol. The molecule has 0 aromatic carbocycles. The van der Waals surface area contributed by atoms with Gasteiger partial charge in [-0.25, -0.2) is 0 Å². The van der Waals surface area contributed by atoms with E-state index < -0.39 is 0 Å². The van der Waals surface area contributed by atoms with Crippen LogP contribution in [-0.2, 0) is 29.0 Å². The molecule has 1 saturated heterocycles. The van der Waals surface area contributed by atoms with Crippen LogP contribution in [0.4, 0.5) is 0 Å². The second kappa shape index (κ2) is 12.1. The van der Waals surface area contributed by atoms with E-state index in [1.165, 1.54) is 11.3 Å². The van der Waals surface area contributed by atoms with E-state index in [2.05, 4.69) is 42.3 Å². The number of aryl methyl sites for hydroxylation is 1. The van der Waals surface area contributed by atoms with Gasteiger partial charge in [-0.3, -0.25) is 19.4 Å². The van der Waals surface area contributed by atoms with Crippen molar-refractivity contribution in [3.8, 4) is 0 Å². The number of hydrogen-bond acceptors (Lipinski definition) is 5. The summed E-state index contributed by atoms with van der Waals surface area (Å²) in [6, 6.07) is 3.99. The van der Waals surface area contributed by atoms with Crippen molar-refractivity contribution < 1.29 is 9.53 Å². The molecule has 2 aromatic rings. The third-order valence-electron chi connectivity index (χ3n) is 6.14. The van der Waals surface area contributed by atoms with E-state index in [0.717, 1.165) is 70.0 Å². The molecule has 7 heteroatoms. The number of morpholine rings is 1. The van der Waals surface area contributed by atoms with Crippen molar-refractivity contribution in [3.63, 3.8) is 0 Å². The Bertz CT molecular complexity index is 844. The molecule has 1 fully saturated rings. The van der Waals surface area contributed by atoms with Gasteiger partial charge in [0.1, 0.15) is 0 Å². The minimum absolute atomic E-state index is 0.208. The Hall–Kier alpha value is -2.25. The minimum Gasteiger partial charge on any atom is -0.379 e. The first-order chi connectivity index (χ1) is 15.4. The predicted octanol–water partition coefficient (Wildman–Crippen LogP) is 3.23. The van der Waals surface area contributed by atoms with Gasteiger partial charge in [0, 0.05) is 63.8 Å². The van der Waals surface area contributed by atoms with Crippen molar-refractivity contribution in [1.82, 2.24) is 24.6 Å². The van der Waals surface area contributed by atoms with E-state index in [1.807, 2.05) is 17.0 Å². The lowest BCUT2D eigenvalue weighted by atomic mass is 10.1. The van der Waals surface area contributed by atoms with Gasteiger partial charge < -0.3 is 9.64 Å². The Labute approximate surface area is 192 Å². The van der Waals surface area contributed by atoms with Gasteiger partial charge in [-0.05, 0) is 55.9 Å². The van der Waals surface area contributed by atoms with Crippen LogP contribution in [0.5, 0.6) is 0 Å². The molecule has 1 aliphatic heterocycles. The highest BCUT2D eigenvalue weighted by molar-refractivity contribution is 5.76. The average Bonchev–Trinajstić information content (AvgIpc) is 3.04. The third-order valence-corrected chi connectivity index (χ3v) is 6.14. The Morgan fingerprint density at radius 2 is 1.91 bits per heavy atom. The highest BCUT2D eigenvalue weighted by Gasteiger charge is 2.18. The Balaban J connectivity index is 1.60. The number of rotatable bonds is 11. The molecule has 32 heavy (non-hydrogen) atoms. The van der Waals surface area contributed by atoms with Gasteiger partial charge in [0.05, 0.1) is 18.9 Å². The molecular formula is C25H39N5O2. The lowest BCUT2D eigenvalue weighted by Gasteiger charge is -2.28. The Morgan fingerprint density at radius 1 is 1.19 bits per heavy atom. The van der Waals surface area contributed by atoms with Crippen molar-refractivity contribution in [2.45, 2.75) is 60.0 Å². The monoisotopic (exact) mass is 441 g/mol. The molecule has 3 heterocycles. The van der Waals surface area contributed by atoms with Gasteiger partial charge in [-0.15, -0.1) is 0 Å². The second-order valence-corrected chi connectivity index (χ2v) is 9.20. The van der Waals surface area contributed by atoms with Crippen molar-refractivity contribution in [3.05, 3.63) is 47.0 Å². The number of aromatic nitrogens is 3. The molecule has 1 aliphatic rings. The summed E-state index contributed by atoms with van der Waals surface area (Å²) in [4.78, 5) is 21.8. The van der Waals surface area contributed by atoms with Crippen molar-refractivity contribution in [1.29, 1.82) is 0 Å². The molecule has 0 N–H and O–H groups in total. The van der Waals surface area contributed by atoms with Crippen LogP contribution in [0.25, 0.3) is 0 Å². The summed E-state index contributed by atoms with van der Waals surface area (Å²) < 4.78 is 7.54. The summed E-state index contributed by atoms with van der Waals surface area (Å²) in [5.74, 6) is 0.754. The normalized spacial score (nSPS) is 14.8. The summed E-state index contributed by atoms with van der Waals surface area (Å²) in [6.07, 6.45) is 5.81. The van der Waals surface area contributed by atoms with Crippen molar-refractivity contribution in [2.24, 2.45) is 5.92 Å². The molecule has 0 radical (unpaired) electrons. The summed E-state index contributed by atoms with van der Waals surface area (Å²) in [5, 5.41) is 4.71. The fourth-order valence-electron chi connectivity index (χ4n) is 4.32. The first kappa shape index (κ1) is 24.4. The lowest BCUT2D eigenvalue weighted by molar-refractivity contribution is -0.132. The molecule has 7 nitrogen and oxygen atoms in total. The summed E-state index contributed by atoms with van der Waals surface area (Å²) >= 11 is 0. The van der Waals surface area contributed by atoms with Gasteiger partial charge in [0.15, 0.2) is 0 Å². The van der Waals surface area contributed by atoms with Crippen LogP contribution in [-0.4, -0.2) is 69.9 Å². The first-order valence-electron chi connectivity index (χ1n) is 11.9. The fraction of sp³-hybridized carbons (Fsp3) is 0.640. The van der Waals surface area contributed by atoms with Gasteiger partial charge in [-0.1, -0.05) is 13.8 Å². The molecule has 3 rings (SSSR count). The van der Waals surface area contributed by atoms with Crippen LogP contribution < -0.4 is 0 Å². The van der Waals surface area contributed by atoms with Crippen LogP contribution in [0, 0.1) is 19.8 Å². The quantitative estimate of drug-likeness (QED) is 0.536. The maximum atomic E-state index is 13.3. The molecule has 176 valence electrons. The van der Waals surface area contributed by atoms with Crippen LogP contribution in [0.3, 0.4) is 0 Å². The van der Waals surface area contributed by atoms with E-state index in [1.54, 1.807) is 12.4 Å². The summed E-state index contributed by atoms with van der Waals surface area (Å²) in [6.45, 7) is 15.5. The van der Waals surface area contributed by atoms with Gasteiger partial charge in [0.25, 0.3) is 0 Å². The van der Waals surface area contributed by atoms with Crippen LogP contribution >= 0.6 is 0 Å². The first-order valence-corrected chi connectivity index (χ1v) is 11.9. The van der Waals surface area contributed by atoms with E-state index in [4.69, 9.17) is 9.84 Å². The number of hydrogen-bond donors (Lipinski definition) is 0. The number of pyridine rings is 1. The third kappa shape index (κ3) is 7.14. The number of amides is 1. The largest absolute Gasteiger partial charge is 0.379 e. The Morgan fingerprint density at radius 3 is 2.59 bits per heavy atom. The zero-order valence-electron chi connectivity index (χ0n) is 20.2. The number of ether oxygens (including phenoxy) is 1. The smallest absolute Gasteiger partial charge is 0.223 e. The van der Waals surface area contributed by atoms with Crippen molar-refractivity contribution >= 4 is 5.91 Å². The van der Waals surface area contributed by atoms with E-state index in [-0.39, 0.29) is 5.91 Å². The highest BCUT2D eigenvalue weighted by Crippen LogP contribution is 2.18. The lowest BCUT2D eigenvalue weighted by Crippen LogP contribution is -2.39. The van der Waals surface area contributed by atoms with Crippen LogP contribution in [0.15, 0.2) is 24.5 Å². The van der Waals surface area contributed by atoms with E-state index in [0.29, 0.717) is 18.9 Å². The number of carbonyl (C=O) groups is 1. The standard InChI is InChI=1S/C25H39N5O2/c1-20(2)18-30-22(4)24(21(3)27-30)6-7-25(31)29(19-23-8-10-26-11-9-23)13-5-12-28-14-16-32-17-15-28/h8-11,20H,5-7,12-19H2,1-4H3. The van der Waals surface area contributed by atoms with E-state index >= 15 is 0 Å². The predicted molar refractivity (Wildman–Crippen MR) is 126 cm³/mol. The zero-order chi connectivity index (χ0) is 22.9. The Kier molecular flexibility index (Phi) is 9.23. The van der Waals surface area contributed by atoms with Crippen molar-refractivity contribution in [2.75, 3.05) is 39.4 Å². The highest BCUT2D eigenvalue weighted by atomic mass is 16.5. The van der Waals surface area contributed by atoms with Crippen LogP contribution in [0.1, 0.15) is 49.2 Å². The maximum absolute atomic E-state index is 13.3. The number of carbonyl (C=O) groups excluding carboxylic acids is 1. The molecule has 0 saturated carbocycles. The van der Waals surface area contributed by atoms with Gasteiger partial charge in [-0.2, -0.15) is 5.10 Å². The van der Waals surface area contributed by atoms with E-state index in [9.17, 15) is 4.79 Å². The number of nitrogens with zero attached hydrogens (tertiary/aromatic N) is 5. The van der Waals surface area contributed by atoms with Crippen LogP contribution in [0.2, 0.25) is 0 Å². The second-order valence-electron chi connectivity index (χ2n) is 9.20. The van der Waals surface area contributed by atoms with Gasteiger partial charge >= 0.3 is 0 Å². The average molecular weight is 442 g/mol. The fourth-order valence-corrected chi connectivity index (χ4v) is 4.32. The molecule has 0 unspecified atom stereocenters. The summed E-state index contributed by atoms with van der Waals surface area (Å²) in [5.41, 5.74) is 4.58. The SMILES string of the molecule is Cc1nn(CC(C)C)c(C)c1CCC(=O)N(CCCN1CCOCC1)Cc1ccncc1. The molecule has 1 amide bonds. The molecule has 0 atom stereocenters. The minimum atomic E-state index is 0.208. The zero-order valence-corrected chi connectivity index (χ0v) is 20.2. The molecule has 0 bridgehead atoms. The summed E-state index contributed by atoms with van der Waals surface area (Å²) in [7, 11) is 0. The maximum Gasteiger partial charge on any atom is 0.223 e. The molecule has 0 aliphatic carbocycles. The molecule has 0 spiro atoms. The van der Waals surface area contributed by atoms with Gasteiger partial charge in [0.2, 0.25) is 5.91 Å².